The van der Waals surface area contributed by atoms with Crippen molar-refractivity contribution in [1.29, 1.82) is 0 Å². The van der Waals surface area contributed by atoms with Crippen molar-refractivity contribution in [2.24, 2.45) is 0 Å². The van der Waals surface area contributed by atoms with Gasteiger partial charge in [-0.3, -0.25) is 4.68 Å². The van der Waals surface area contributed by atoms with E-state index < -0.39 is 0 Å². The zero-order valence-corrected chi connectivity index (χ0v) is 13.4. The molecule has 0 N–H and O–H groups in total. The highest BCUT2D eigenvalue weighted by Gasteiger charge is 2.12. The van der Waals surface area contributed by atoms with Crippen molar-refractivity contribution in [3.8, 4) is 0 Å². The Morgan fingerprint density at radius 3 is 2.62 bits per heavy atom. The van der Waals surface area contributed by atoms with Crippen molar-refractivity contribution in [3.63, 3.8) is 0 Å². The van der Waals surface area contributed by atoms with E-state index in [4.69, 9.17) is 34.8 Å². The second-order valence-corrected chi connectivity index (χ2v) is 5.77. The average Bonchev–Trinajstić information content (AvgIpc) is 3.08. The van der Waals surface area contributed by atoms with E-state index in [9.17, 15) is 0 Å². The maximum atomic E-state index is 6.11. The van der Waals surface area contributed by atoms with Gasteiger partial charge < -0.3 is 4.57 Å². The molecule has 0 aliphatic rings. The summed E-state index contributed by atoms with van der Waals surface area (Å²) in [6.07, 6.45) is 4.65. The lowest BCUT2D eigenvalue weighted by atomic mass is 10.3. The van der Waals surface area contributed by atoms with Gasteiger partial charge >= 0.3 is 0 Å². The first kappa shape index (κ1) is 14.7. The molecule has 0 amide bonds. The summed E-state index contributed by atoms with van der Waals surface area (Å²) in [4.78, 5) is 4.51. The first-order valence-electron chi connectivity index (χ1n) is 6.56. The van der Waals surface area contributed by atoms with E-state index in [1.54, 1.807) is 12.3 Å². The molecule has 3 aromatic rings. The number of fused-ring (bicyclic) bond motifs is 1. The summed E-state index contributed by atoms with van der Waals surface area (Å²) in [5, 5.41) is 5.23. The van der Waals surface area contributed by atoms with Gasteiger partial charge in [0, 0.05) is 25.5 Å². The Kier molecular flexibility index (Phi) is 4.38. The van der Waals surface area contributed by atoms with Crippen LogP contribution < -0.4 is 0 Å². The van der Waals surface area contributed by atoms with Crippen LogP contribution in [0.3, 0.4) is 0 Å². The van der Waals surface area contributed by atoms with E-state index in [-0.39, 0.29) is 0 Å². The largest absolute Gasteiger partial charge is 0.327 e. The van der Waals surface area contributed by atoms with Crippen LogP contribution in [0.15, 0.2) is 30.6 Å². The Balaban J connectivity index is 1.87. The lowest BCUT2D eigenvalue weighted by Crippen LogP contribution is -2.06. The van der Waals surface area contributed by atoms with Crippen molar-refractivity contribution in [2.75, 3.05) is 0 Å². The molecule has 0 saturated heterocycles. The first-order chi connectivity index (χ1) is 10.2. The molecule has 0 aliphatic heterocycles. The van der Waals surface area contributed by atoms with E-state index in [0.29, 0.717) is 15.9 Å². The molecule has 0 radical (unpaired) electrons. The summed E-state index contributed by atoms with van der Waals surface area (Å²) >= 11 is 18.1. The fraction of sp³-hybridized carbons (Fsp3) is 0.286. The van der Waals surface area contributed by atoms with Gasteiger partial charge in [0.25, 0.3) is 0 Å². The van der Waals surface area contributed by atoms with Gasteiger partial charge in [-0.25, -0.2) is 4.98 Å². The van der Waals surface area contributed by atoms with Crippen LogP contribution in [-0.4, -0.2) is 19.3 Å². The average molecular weight is 344 g/mol. The van der Waals surface area contributed by atoms with Crippen molar-refractivity contribution in [1.82, 2.24) is 19.3 Å². The lowest BCUT2D eigenvalue weighted by molar-refractivity contribution is 0.526. The summed E-state index contributed by atoms with van der Waals surface area (Å²) < 4.78 is 4.00. The number of nitrogens with zero attached hydrogens (tertiary/aromatic N) is 4. The molecule has 2 heterocycles. The number of benzene rings is 1. The van der Waals surface area contributed by atoms with Crippen molar-refractivity contribution in [3.05, 3.63) is 46.5 Å². The SMILES string of the molecule is ClCc1nc2cc(Cl)c(Cl)cc2n1CCCn1cccn1. The number of rotatable bonds is 5. The Hall–Kier alpha value is -1.23. The highest BCUT2D eigenvalue weighted by Crippen LogP contribution is 2.28. The predicted octanol–water partition coefficient (Wildman–Crippen LogP) is 4.37. The van der Waals surface area contributed by atoms with Crippen molar-refractivity contribution >= 4 is 45.8 Å². The predicted molar refractivity (Wildman–Crippen MR) is 86.2 cm³/mol. The third-order valence-electron chi connectivity index (χ3n) is 3.32. The summed E-state index contributed by atoms with van der Waals surface area (Å²) in [5.41, 5.74) is 1.78. The molecular weight excluding hydrogens is 331 g/mol. The second kappa shape index (κ2) is 6.26. The second-order valence-electron chi connectivity index (χ2n) is 4.69. The van der Waals surface area contributed by atoms with E-state index in [1.807, 2.05) is 23.0 Å². The minimum absolute atomic E-state index is 0.353. The number of aromatic nitrogens is 4. The van der Waals surface area contributed by atoms with E-state index in [2.05, 4.69) is 14.6 Å². The maximum Gasteiger partial charge on any atom is 0.124 e. The molecule has 0 fully saturated rings. The Bertz CT molecular complexity index is 749. The lowest BCUT2D eigenvalue weighted by Gasteiger charge is -2.08. The summed E-state index contributed by atoms with van der Waals surface area (Å²) in [6.45, 7) is 1.64. The molecule has 0 unspecified atom stereocenters. The smallest absolute Gasteiger partial charge is 0.124 e. The van der Waals surface area contributed by atoms with Crippen LogP contribution in [0.25, 0.3) is 11.0 Å². The monoisotopic (exact) mass is 342 g/mol. The molecule has 3 rings (SSSR count). The molecule has 0 aliphatic carbocycles. The molecule has 4 nitrogen and oxygen atoms in total. The van der Waals surface area contributed by atoms with Crippen LogP contribution in [0.5, 0.6) is 0 Å². The van der Waals surface area contributed by atoms with Gasteiger partial charge in [0.05, 0.1) is 27.0 Å². The number of alkyl halides is 1. The molecule has 0 spiro atoms. The number of hydrogen-bond donors (Lipinski definition) is 0. The quantitative estimate of drug-likeness (QED) is 0.645. The van der Waals surface area contributed by atoms with Gasteiger partial charge in [-0.05, 0) is 24.6 Å². The zero-order valence-electron chi connectivity index (χ0n) is 11.1. The van der Waals surface area contributed by atoms with Crippen LogP contribution in [0, 0.1) is 0 Å². The molecule has 1 aromatic carbocycles. The Morgan fingerprint density at radius 2 is 1.90 bits per heavy atom. The van der Waals surface area contributed by atoms with E-state index >= 15 is 0 Å². The highest BCUT2D eigenvalue weighted by molar-refractivity contribution is 6.42. The van der Waals surface area contributed by atoms with Crippen LogP contribution in [-0.2, 0) is 19.0 Å². The third kappa shape index (κ3) is 3.03. The van der Waals surface area contributed by atoms with Gasteiger partial charge in [-0.2, -0.15) is 5.10 Å². The Labute approximate surface area is 137 Å². The minimum Gasteiger partial charge on any atom is -0.327 e. The zero-order chi connectivity index (χ0) is 14.8. The first-order valence-corrected chi connectivity index (χ1v) is 7.85. The van der Waals surface area contributed by atoms with Gasteiger partial charge in [0.1, 0.15) is 5.82 Å². The molecule has 110 valence electrons. The fourth-order valence-electron chi connectivity index (χ4n) is 2.35. The van der Waals surface area contributed by atoms with Crippen LogP contribution in [0.1, 0.15) is 12.2 Å². The van der Waals surface area contributed by atoms with E-state index in [1.165, 1.54) is 0 Å². The van der Waals surface area contributed by atoms with Crippen LogP contribution in [0.4, 0.5) is 0 Å². The highest BCUT2D eigenvalue weighted by atomic mass is 35.5. The molecule has 0 saturated carbocycles. The van der Waals surface area contributed by atoms with E-state index in [0.717, 1.165) is 36.4 Å². The normalized spacial score (nSPS) is 11.4. The van der Waals surface area contributed by atoms with Crippen LogP contribution >= 0.6 is 34.8 Å². The molecule has 21 heavy (non-hydrogen) atoms. The molecule has 0 atom stereocenters. The molecular formula is C14H13Cl3N4. The third-order valence-corrected chi connectivity index (χ3v) is 4.28. The topological polar surface area (TPSA) is 35.6 Å². The number of hydrogen-bond acceptors (Lipinski definition) is 2. The van der Waals surface area contributed by atoms with Gasteiger partial charge in [0.15, 0.2) is 0 Å². The maximum absolute atomic E-state index is 6.11. The summed E-state index contributed by atoms with van der Waals surface area (Å²) in [6, 6.07) is 5.54. The van der Waals surface area contributed by atoms with Gasteiger partial charge in [0.2, 0.25) is 0 Å². The van der Waals surface area contributed by atoms with Gasteiger partial charge in [-0.15, -0.1) is 11.6 Å². The van der Waals surface area contributed by atoms with Crippen LogP contribution in [0.2, 0.25) is 10.0 Å². The number of imidazole rings is 1. The van der Waals surface area contributed by atoms with Gasteiger partial charge in [-0.1, -0.05) is 23.2 Å². The summed E-state index contributed by atoms with van der Waals surface area (Å²) in [7, 11) is 0. The minimum atomic E-state index is 0.353. The Morgan fingerprint density at radius 1 is 1.10 bits per heavy atom. The summed E-state index contributed by atoms with van der Waals surface area (Å²) in [5.74, 6) is 1.18. The van der Waals surface area contributed by atoms with Crippen molar-refractivity contribution in [2.45, 2.75) is 25.4 Å². The molecule has 0 bridgehead atoms. The number of aryl methyl sites for hydroxylation is 2. The van der Waals surface area contributed by atoms with Crippen molar-refractivity contribution < 1.29 is 0 Å². The molecule has 7 heteroatoms. The number of halogens is 3. The molecule has 2 aromatic heterocycles. The fourth-order valence-corrected chi connectivity index (χ4v) is 2.86. The standard InChI is InChI=1S/C14H13Cl3N4/c15-9-14-19-12-7-10(16)11(17)8-13(12)21(14)6-2-5-20-4-1-3-18-20/h1,3-4,7-8H,2,5-6,9H2.